The van der Waals surface area contributed by atoms with Crippen molar-refractivity contribution in [1.29, 1.82) is 0 Å². The highest BCUT2D eigenvalue weighted by atomic mass is 19.4. The molecule has 1 aromatic carbocycles. The molecule has 2 N–H and O–H groups in total. The van der Waals surface area contributed by atoms with Crippen LogP contribution in [0.25, 0.3) is 11.3 Å². The van der Waals surface area contributed by atoms with Gasteiger partial charge in [-0.3, -0.25) is 0 Å². The van der Waals surface area contributed by atoms with E-state index in [0.29, 0.717) is 34.7 Å². The molecule has 2 aromatic heterocycles. The van der Waals surface area contributed by atoms with Crippen LogP contribution in [0, 0.1) is 18.8 Å². The van der Waals surface area contributed by atoms with Gasteiger partial charge in [0.25, 0.3) is 0 Å². The number of para-hydroxylation sites is 1. The van der Waals surface area contributed by atoms with Gasteiger partial charge in [-0.1, -0.05) is 17.3 Å². The van der Waals surface area contributed by atoms with Crippen molar-refractivity contribution in [2.75, 3.05) is 5.32 Å². The molecule has 2 bridgehead atoms. The van der Waals surface area contributed by atoms with E-state index < -0.39 is 12.3 Å². The van der Waals surface area contributed by atoms with Gasteiger partial charge in [0.05, 0.1) is 18.3 Å². The summed E-state index contributed by atoms with van der Waals surface area (Å²) in [6, 6.07) is 7.81. The first-order chi connectivity index (χ1) is 19.2. The highest BCUT2D eigenvalue weighted by Gasteiger charge is 2.44. The van der Waals surface area contributed by atoms with Crippen LogP contribution in [0.3, 0.4) is 0 Å². The molecule has 0 saturated heterocycles. The first-order valence-electron chi connectivity index (χ1n) is 13.6. The standard InChI is InChI=1S/C29H30F3N3O5/c1-15-10-19(28(36)37)13-33-27(15)34-24-17-8-9-18(24)12-20(11-17)38-14-22-25(35-40-26(22)16-6-7-16)21-4-2-3-5-23(21)39-29(30,31)32/h2-5,10,13,16-18,20,24H,6-9,11-12,14H2,1H3,(H,33,34)(H,36,37). The van der Waals surface area contributed by atoms with Crippen LogP contribution in [-0.2, 0) is 11.3 Å². The monoisotopic (exact) mass is 557 g/mol. The predicted octanol–water partition coefficient (Wildman–Crippen LogP) is 6.71. The second-order valence-corrected chi connectivity index (χ2v) is 11.1. The van der Waals surface area contributed by atoms with Gasteiger partial charge in [0, 0.05) is 29.3 Å². The van der Waals surface area contributed by atoms with Crippen molar-refractivity contribution in [1.82, 2.24) is 10.1 Å². The first kappa shape index (κ1) is 26.6. The Labute approximate surface area is 228 Å². The molecule has 8 nitrogen and oxygen atoms in total. The normalized spacial score (nSPS) is 24.2. The summed E-state index contributed by atoms with van der Waals surface area (Å²) >= 11 is 0. The van der Waals surface area contributed by atoms with Gasteiger partial charge in [0.1, 0.15) is 23.0 Å². The lowest BCUT2D eigenvalue weighted by molar-refractivity contribution is -0.274. The molecule has 3 aliphatic rings. The Morgan fingerprint density at radius 1 is 1.15 bits per heavy atom. The number of nitrogens with one attached hydrogen (secondary N) is 1. The van der Waals surface area contributed by atoms with E-state index in [4.69, 9.17) is 9.26 Å². The Kier molecular flexibility index (Phi) is 6.93. The van der Waals surface area contributed by atoms with E-state index in [2.05, 4.69) is 20.2 Å². The van der Waals surface area contributed by atoms with Gasteiger partial charge in [-0.15, -0.1) is 13.2 Å². The minimum Gasteiger partial charge on any atom is -0.478 e. The molecule has 3 aromatic rings. The molecule has 2 heterocycles. The quantitative estimate of drug-likeness (QED) is 0.299. The molecule has 0 aliphatic heterocycles. The molecule has 3 fully saturated rings. The Morgan fingerprint density at radius 3 is 2.52 bits per heavy atom. The van der Waals surface area contributed by atoms with Crippen LogP contribution >= 0.6 is 0 Å². The van der Waals surface area contributed by atoms with Gasteiger partial charge in [-0.25, -0.2) is 9.78 Å². The molecule has 3 saturated carbocycles. The molecule has 0 radical (unpaired) electrons. The van der Waals surface area contributed by atoms with Gasteiger partial charge in [-0.05, 0) is 81.0 Å². The molecule has 40 heavy (non-hydrogen) atoms. The van der Waals surface area contributed by atoms with E-state index >= 15 is 0 Å². The number of fused-ring (bicyclic) bond motifs is 2. The number of aromatic nitrogens is 2. The zero-order valence-corrected chi connectivity index (χ0v) is 21.9. The topological polar surface area (TPSA) is 107 Å². The number of carboxylic acid groups (broad SMARTS) is 1. The van der Waals surface area contributed by atoms with Gasteiger partial charge in [0.2, 0.25) is 0 Å². The fraction of sp³-hybridized carbons (Fsp3) is 0.483. The van der Waals surface area contributed by atoms with E-state index in [1.165, 1.54) is 18.3 Å². The molecular weight excluding hydrogens is 527 g/mol. The zero-order valence-electron chi connectivity index (χ0n) is 21.9. The zero-order chi connectivity index (χ0) is 28.0. The van der Waals surface area contributed by atoms with Crippen LogP contribution in [0.1, 0.15) is 71.7 Å². The molecule has 2 atom stereocenters. The molecule has 2 unspecified atom stereocenters. The number of carboxylic acids is 1. The Balaban J connectivity index is 1.16. The largest absolute Gasteiger partial charge is 0.573 e. The Bertz CT molecular complexity index is 1390. The number of ether oxygens (including phenoxy) is 2. The number of hydrogen-bond acceptors (Lipinski definition) is 7. The third kappa shape index (κ3) is 5.52. The number of aromatic carboxylic acids is 1. The summed E-state index contributed by atoms with van der Waals surface area (Å²) in [4.78, 5) is 15.6. The minimum atomic E-state index is -4.83. The van der Waals surface area contributed by atoms with E-state index in [0.717, 1.165) is 44.1 Å². The average Bonchev–Trinajstić information content (AvgIpc) is 3.62. The summed E-state index contributed by atoms with van der Waals surface area (Å²) in [5.74, 6) is 1.00. The van der Waals surface area contributed by atoms with E-state index in [9.17, 15) is 23.1 Å². The fourth-order valence-corrected chi connectivity index (χ4v) is 6.26. The lowest BCUT2D eigenvalue weighted by Gasteiger charge is -2.36. The number of hydrogen-bond donors (Lipinski definition) is 2. The van der Waals surface area contributed by atoms with Crippen LogP contribution in [0.15, 0.2) is 41.1 Å². The lowest BCUT2D eigenvalue weighted by atomic mass is 9.82. The second-order valence-electron chi connectivity index (χ2n) is 11.1. The number of nitrogens with zero attached hydrogens (tertiary/aromatic N) is 2. The Hall–Kier alpha value is -3.60. The molecule has 3 aliphatic carbocycles. The van der Waals surface area contributed by atoms with Gasteiger partial charge >= 0.3 is 12.3 Å². The van der Waals surface area contributed by atoms with Crippen molar-refractivity contribution in [3.8, 4) is 17.0 Å². The third-order valence-electron chi connectivity index (χ3n) is 8.28. The van der Waals surface area contributed by atoms with Crippen LogP contribution in [0.2, 0.25) is 0 Å². The van der Waals surface area contributed by atoms with Gasteiger partial charge in [-0.2, -0.15) is 0 Å². The lowest BCUT2D eigenvalue weighted by Crippen LogP contribution is -2.40. The molecular formula is C29H30F3N3O5. The maximum absolute atomic E-state index is 13.1. The number of alkyl halides is 3. The van der Waals surface area contributed by atoms with Crippen molar-refractivity contribution in [3.05, 3.63) is 59.0 Å². The first-order valence-corrected chi connectivity index (χ1v) is 13.6. The highest BCUT2D eigenvalue weighted by Crippen LogP contribution is 2.47. The average molecular weight is 558 g/mol. The van der Waals surface area contributed by atoms with Crippen LogP contribution in [0.5, 0.6) is 5.75 Å². The van der Waals surface area contributed by atoms with E-state index in [1.54, 1.807) is 18.2 Å². The van der Waals surface area contributed by atoms with Crippen molar-refractivity contribution < 1.29 is 37.1 Å². The fourth-order valence-electron chi connectivity index (χ4n) is 6.26. The van der Waals surface area contributed by atoms with Crippen LogP contribution in [0.4, 0.5) is 19.0 Å². The van der Waals surface area contributed by atoms with Crippen molar-refractivity contribution in [3.63, 3.8) is 0 Å². The number of anilines is 1. The smallest absolute Gasteiger partial charge is 0.478 e. The summed E-state index contributed by atoms with van der Waals surface area (Å²) in [5.41, 5.74) is 2.19. The van der Waals surface area contributed by atoms with E-state index in [-0.39, 0.29) is 41.5 Å². The molecule has 0 spiro atoms. The third-order valence-corrected chi connectivity index (χ3v) is 8.28. The molecule has 0 amide bonds. The summed E-state index contributed by atoms with van der Waals surface area (Å²) in [5, 5.41) is 17.0. The SMILES string of the molecule is Cc1cc(C(=O)O)cnc1NC1C2CCC1CC(OCc1c(-c3ccccc3OC(F)(F)F)noc1C1CC1)C2. The number of rotatable bonds is 9. The maximum atomic E-state index is 13.1. The summed E-state index contributed by atoms with van der Waals surface area (Å²) in [6.07, 6.45) is 2.24. The second kappa shape index (κ2) is 10.4. The number of halogens is 3. The Morgan fingerprint density at radius 2 is 1.88 bits per heavy atom. The highest BCUT2D eigenvalue weighted by molar-refractivity contribution is 5.87. The summed E-state index contributed by atoms with van der Waals surface area (Å²) in [7, 11) is 0. The number of aryl methyl sites for hydroxylation is 1. The number of benzene rings is 1. The van der Waals surface area contributed by atoms with Crippen molar-refractivity contribution in [2.24, 2.45) is 11.8 Å². The van der Waals surface area contributed by atoms with Gasteiger partial charge in [0.15, 0.2) is 0 Å². The van der Waals surface area contributed by atoms with Crippen molar-refractivity contribution >= 4 is 11.8 Å². The number of pyridine rings is 1. The van der Waals surface area contributed by atoms with Crippen LogP contribution in [-0.4, -0.2) is 39.7 Å². The summed E-state index contributed by atoms with van der Waals surface area (Å²) < 4.78 is 55.6. The van der Waals surface area contributed by atoms with Gasteiger partial charge < -0.3 is 24.4 Å². The van der Waals surface area contributed by atoms with Crippen molar-refractivity contribution in [2.45, 2.75) is 76.5 Å². The number of carbonyl (C=O) groups is 1. The predicted molar refractivity (Wildman–Crippen MR) is 138 cm³/mol. The minimum absolute atomic E-state index is 0.00420. The molecule has 11 heteroatoms. The molecule has 212 valence electrons. The molecule has 6 rings (SSSR count). The van der Waals surface area contributed by atoms with E-state index in [1.807, 2.05) is 6.92 Å². The summed E-state index contributed by atoms with van der Waals surface area (Å²) in [6.45, 7) is 2.05. The van der Waals surface area contributed by atoms with Crippen LogP contribution < -0.4 is 10.1 Å². The maximum Gasteiger partial charge on any atom is 0.573 e.